The van der Waals surface area contributed by atoms with Gasteiger partial charge in [0.25, 0.3) is 0 Å². The molecule has 0 aromatic heterocycles. The van der Waals surface area contributed by atoms with Gasteiger partial charge in [0.1, 0.15) is 6.61 Å². The van der Waals surface area contributed by atoms with E-state index in [0.29, 0.717) is 19.8 Å². The van der Waals surface area contributed by atoms with Crippen molar-refractivity contribution in [1.29, 1.82) is 0 Å². The van der Waals surface area contributed by atoms with Gasteiger partial charge in [0, 0.05) is 0 Å². The summed E-state index contributed by atoms with van der Waals surface area (Å²) in [5.74, 6) is 0. The summed E-state index contributed by atoms with van der Waals surface area (Å²) in [7, 11) is 0. The van der Waals surface area contributed by atoms with Crippen LogP contribution in [0.1, 0.15) is 5.56 Å². The Morgan fingerprint density at radius 3 is 2.53 bits per heavy atom. The quantitative estimate of drug-likeness (QED) is 0.590. The summed E-state index contributed by atoms with van der Waals surface area (Å²) < 4.78 is 16.1. The second-order valence-corrected chi connectivity index (χ2v) is 3.61. The Balaban J connectivity index is 1.70. The SMILES string of the molecule is C1=CCOC(COC=Cc2ccccc2)OC1. The zero-order chi connectivity index (χ0) is 11.8. The molecule has 0 atom stereocenters. The van der Waals surface area contributed by atoms with Gasteiger partial charge in [-0.25, -0.2) is 0 Å². The number of rotatable bonds is 4. The molecule has 1 aliphatic heterocycles. The molecule has 0 aliphatic carbocycles. The van der Waals surface area contributed by atoms with Gasteiger partial charge < -0.3 is 14.2 Å². The molecule has 90 valence electrons. The molecule has 0 bridgehead atoms. The van der Waals surface area contributed by atoms with Crippen LogP contribution in [-0.2, 0) is 14.2 Å². The largest absolute Gasteiger partial charge is 0.496 e. The van der Waals surface area contributed by atoms with Crippen LogP contribution in [0.5, 0.6) is 0 Å². The van der Waals surface area contributed by atoms with Crippen LogP contribution in [0.25, 0.3) is 6.08 Å². The van der Waals surface area contributed by atoms with E-state index in [1.807, 2.05) is 48.6 Å². The van der Waals surface area contributed by atoms with Gasteiger partial charge >= 0.3 is 0 Å². The molecular formula is C14H16O3. The van der Waals surface area contributed by atoms with Crippen LogP contribution in [0.3, 0.4) is 0 Å². The van der Waals surface area contributed by atoms with Crippen molar-refractivity contribution in [3.8, 4) is 0 Å². The average molecular weight is 232 g/mol. The molecule has 0 radical (unpaired) electrons. The highest BCUT2D eigenvalue weighted by Crippen LogP contribution is 2.04. The van der Waals surface area contributed by atoms with E-state index < -0.39 is 0 Å². The van der Waals surface area contributed by atoms with Gasteiger partial charge in [-0.2, -0.15) is 0 Å². The number of hydrogen-bond donors (Lipinski definition) is 0. The molecule has 0 unspecified atom stereocenters. The molecule has 3 nitrogen and oxygen atoms in total. The topological polar surface area (TPSA) is 27.7 Å². The maximum atomic E-state index is 5.39. The zero-order valence-electron chi connectivity index (χ0n) is 9.62. The minimum absolute atomic E-state index is 0.287. The van der Waals surface area contributed by atoms with Crippen molar-refractivity contribution in [1.82, 2.24) is 0 Å². The first-order valence-electron chi connectivity index (χ1n) is 5.66. The summed E-state index contributed by atoms with van der Waals surface area (Å²) >= 11 is 0. The van der Waals surface area contributed by atoms with Gasteiger partial charge in [-0.1, -0.05) is 42.5 Å². The van der Waals surface area contributed by atoms with Crippen LogP contribution in [0.4, 0.5) is 0 Å². The fraction of sp³-hybridized carbons (Fsp3) is 0.286. The second kappa shape index (κ2) is 6.89. The van der Waals surface area contributed by atoms with Gasteiger partial charge in [0.2, 0.25) is 0 Å². The minimum atomic E-state index is -0.287. The molecule has 0 spiro atoms. The van der Waals surface area contributed by atoms with Crippen LogP contribution >= 0.6 is 0 Å². The van der Waals surface area contributed by atoms with Crippen LogP contribution in [0.15, 0.2) is 48.7 Å². The number of benzene rings is 1. The Kier molecular flexibility index (Phi) is 4.82. The minimum Gasteiger partial charge on any atom is -0.496 e. The summed E-state index contributed by atoms with van der Waals surface area (Å²) in [4.78, 5) is 0. The van der Waals surface area contributed by atoms with Crippen molar-refractivity contribution < 1.29 is 14.2 Å². The fourth-order valence-corrected chi connectivity index (χ4v) is 1.43. The van der Waals surface area contributed by atoms with Crippen LogP contribution in [0.2, 0.25) is 0 Å². The van der Waals surface area contributed by atoms with Crippen molar-refractivity contribution in [3.63, 3.8) is 0 Å². The number of ether oxygens (including phenoxy) is 3. The first kappa shape index (κ1) is 11.9. The molecule has 0 N–H and O–H groups in total. The van der Waals surface area contributed by atoms with E-state index in [0.717, 1.165) is 5.56 Å². The summed E-state index contributed by atoms with van der Waals surface area (Å²) in [6.45, 7) is 1.57. The van der Waals surface area contributed by atoms with Gasteiger partial charge in [-0.05, 0) is 11.6 Å². The standard InChI is InChI=1S/C14H16O3/c1-2-6-13(7-3-1)8-11-15-12-14-16-9-4-5-10-17-14/h1-8,11,14H,9-10,12H2. The Labute approximate surface area is 101 Å². The maximum absolute atomic E-state index is 5.39. The van der Waals surface area contributed by atoms with E-state index in [1.54, 1.807) is 6.26 Å². The molecule has 0 saturated carbocycles. The molecule has 0 fully saturated rings. The number of hydrogen-bond acceptors (Lipinski definition) is 3. The second-order valence-electron chi connectivity index (χ2n) is 3.61. The molecule has 2 rings (SSSR count). The van der Waals surface area contributed by atoms with Crippen LogP contribution in [-0.4, -0.2) is 26.1 Å². The lowest BCUT2D eigenvalue weighted by atomic mass is 10.2. The molecular weight excluding hydrogens is 216 g/mol. The molecule has 0 saturated heterocycles. The van der Waals surface area contributed by atoms with E-state index >= 15 is 0 Å². The molecule has 3 heteroatoms. The summed E-state index contributed by atoms with van der Waals surface area (Å²) in [6, 6.07) is 10.00. The van der Waals surface area contributed by atoms with Crippen molar-refractivity contribution >= 4 is 6.08 Å². The van der Waals surface area contributed by atoms with Crippen molar-refractivity contribution in [2.24, 2.45) is 0 Å². The molecule has 1 aromatic carbocycles. The van der Waals surface area contributed by atoms with Gasteiger partial charge in [-0.3, -0.25) is 0 Å². The van der Waals surface area contributed by atoms with Gasteiger partial charge in [0.05, 0.1) is 19.5 Å². The lowest BCUT2D eigenvalue weighted by Gasteiger charge is -2.14. The van der Waals surface area contributed by atoms with E-state index in [1.165, 1.54) is 0 Å². The van der Waals surface area contributed by atoms with Gasteiger partial charge in [0.15, 0.2) is 6.29 Å². The Hall–Kier alpha value is -1.58. The third-order valence-corrected chi connectivity index (χ3v) is 2.31. The highest BCUT2D eigenvalue weighted by molar-refractivity contribution is 5.47. The van der Waals surface area contributed by atoms with Crippen molar-refractivity contribution in [2.45, 2.75) is 6.29 Å². The third kappa shape index (κ3) is 4.43. The lowest BCUT2D eigenvalue weighted by molar-refractivity contribution is -0.145. The molecule has 0 amide bonds. The molecule has 17 heavy (non-hydrogen) atoms. The monoisotopic (exact) mass is 232 g/mol. The summed E-state index contributed by atoms with van der Waals surface area (Å²) in [5.41, 5.74) is 1.11. The maximum Gasteiger partial charge on any atom is 0.192 e. The van der Waals surface area contributed by atoms with Crippen LogP contribution < -0.4 is 0 Å². The summed E-state index contributed by atoms with van der Waals surface area (Å²) in [6.07, 6.45) is 7.18. The van der Waals surface area contributed by atoms with Crippen molar-refractivity contribution in [3.05, 3.63) is 54.3 Å². The van der Waals surface area contributed by atoms with E-state index in [-0.39, 0.29) is 6.29 Å². The summed E-state index contributed by atoms with van der Waals surface area (Å²) in [5, 5.41) is 0. The first-order chi connectivity index (χ1) is 8.45. The fourth-order valence-electron chi connectivity index (χ4n) is 1.43. The highest BCUT2D eigenvalue weighted by Gasteiger charge is 2.09. The highest BCUT2D eigenvalue weighted by atomic mass is 16.7. The lowest BCUT2D eigenvalue weighted by Crippen LogP contribution is -2.21. The zero-order valence-corrected chi connectivity index (χ0v) is 9.62. The first-order valence-corrected chi connectivity index (χ1v) is 5.66. The Bertz CT molecular complexity index is 360. The van der Waals surface area contributed by atoms with E-state index in [9.17, 15) is 0 Å². The molecule has 1 aromatic rings. The average Bonchev–Trinajstić information content (AvgIpc) is 2.65. The Morgan fingerprint density at radius 1 is 1.12 bits per heavy atom. The van der Waals surface area contributed by atoms with E-state index in [2.05, 4.69) is 0 Å². The van der Waals surface area contributed by atoms with Crippen LogP contribution in [0, 0.1) is 0 Å². The van der Waals surface area contributed by atoms with E-state index in [4.69, 9.17) is 14.2 Å². The predicted octanol–water partition coefficient (Wildman–Crippen LogP) is 2.60. The smallest absolute Gasteiger partial charge is 0.192 e. The normalized spacial score (nSPS) is 17.2. The van der Waals surface area contributed by atoms with Gasteiger partial charge in [-0.15, -0.1) is 0 Å². The Morgan fingerprint density at radius 2 is 1.82 bits per heavy atom. The predicted molar refractivity (Wildman–Crippen MR) is 66.3 cm³/mol. The third-order valence-electron chi connectivity index (χ3n) is 2.31. The van der Waals surface area contributed by atoms with Crippen molar-refractivity contribution in [2.75, 3.05) is 19.8 Å². The molecule has 1 heterocycles. The molecule has 1 aliphatic rings.